The summed E-state index contributed by atoms with van der Waals surface area (Å²) in [6.45, 7) is 4.97. The van der Waals surface area contributed by atoms with Crippen LogP contribution in [0.4, 0.5) is 0 Å². The number of pyridine rings is 1. The molecule has 2 heteroatoms. The first kappa shape index (κ1) is 10.7. The lowest BCUT2D eigenvalue weighted by molar-refractivity contribution is 0.563. The Bertz CT molecular complexity index is 308. The van der Waals surface area contributed by atoms with Crippen LogP contribution in [0.3, 0.4) is 0 Å². The van der Waals surface area contributed by atoms with Gasteiger partial charge in [-0.05, 0) is 25.1 Å². The fraction of sp³-hybridized carbons (Fsp3) is 0.417. The first-order valence-corrected chi connectivity index (χ1v) is 4.87. The molecule has 1 aromatic rings. The molecule has 2 nitrogen and oxygen atoms in total. The van der Waals surface area contributed by atoms with Gasteiger partial charge < -0.3 is 5.32 Å². The van der Waals surface area contributed by atoms with Gasteiger partial charge in [0.25, 0.3) is 0 Å². The van der Waals surface area contributed by atoms with Crippen LogP contribution in [0.15, 0.2) is 18.3 Å². The molecule has 0 aliphatic heterocycles. The molecule has 1 N–H and O–H groups in total. The molecule has 0 aliphatic rings. The van der Waals surface area contributed by atoms with Crippen LogP contribution in [0.2, 0.25) is 0 Å². The summed E-state index contributed by atoms with van der Waals surface area (Å²) in [5.41, 5.74) is 2.19. The fourth-order valence-electron chi connectivity index (χ4n) is 1.36. The number of rotatable bonds is 4. The maximum absolute atomic E-state index is 5.32. The first-order chi connectivity index (χ1) is 6.77. The molecule has 0 radical (unpaired) electrons. The second-order valence-corrected chi connectivity index (χ2v) is 3.25. The SMILES string of the molecule is C#CCC(NCC)c1ccc(C)nc1. The predicted octanol–water partition coefficient (Wildman–Crippen LogP) is 2.06. The van der Waals surface area contributed by atoms with E-state index in [0.29, 0.717) is 6.42 Å². The highest BCUT2D eigenvalue weighted by Crippen LogP contribution is 2.14. The zero-order valence-corrected chi connectivity index (χ0v) is 8.75. The van der Waals surface area contributed by atoms with Gasteiger partial charge in [-0.3, -0.25) is 4.98 Å². The van der Waals surface area contributed by atoms with Gasteiger partial charge in [0, 0.05) is 24.4 Å². The molecule has 0 saturated heterocycles. The van der Waals surface area contributed by atoms with Crippen LogP contribution in [0.1, 0.15) is 30.6 Å². The number of terminal acetylenes is 1. The van der Waals surface area contributed by atoms with E-state index in [1.807, 2.05) is 19.2 Å². The monoisotopic (exact) mass is 188 g/mol. The lowest BCUT2D eigenvalue weighted by Gasteiger charge is -2.15. The molecule has 1 rings (SSSR count). The Morgan fingerprint density at radius 1 is 1.57 bits per heavy atom. The normalized spacial score (nSPS) is 12.1. The number of aromatic nitrogens is 1. The second-order valence-electron chi connectivity index (χ2n) is 3.25. The van der Waals surface area contributed by atoms with E-state index in [1.54, 1.807) is 0 Å². The molecule has 0 amide bonds. The van der Waals surface area contributed by atoms with Crippen LogP contribution in [-0.2, 0) is 0 Å². The highest BCUT2D eigenvalue weighted by molar-refractivity contribution is 5.18. The zero-order chi connectivity index (χ0) is 10.4. The molecule has 0 aliphatic carbocycles. The summed E-state index contributed by atoms with van der Waals surface area (Å²) in [6, 6.07) is 4.32. The minimum absolute atomic E-state index is 0.234. The van der Waals surface area contributed by atoms with Gasteiger partial charge in [0.2, 0.25) is 0 Å². The Hall–Kier alpha value is -1.33. The van der Waals surface area contributed by atoms with Crippen LogP contribution < -0.4 is 5.32 Å². The minimum atomic E-state index is 0.234. The number of hydrogen-bond donors (Lipinski definition) is 1. The van der Waals surface area contributed by atoms with Gasteiger partial charge in [0.05, 0.1) is 0 Å². The van der Waals surface area contributed by atoms with Gasteiger partial charge >= 0.3 is 0 Å². The molecular weight excluding hydrogens is 172 g/mol. The third-order valence-electron chi connectivity index (χ3n) is 2.11. The van der Waals surface area contributed by atoms with Crippen LogP contribution in [0.5, 0.6) is 0 Å². The Kier molecular flexibility index (Phi) is 4.15. The van der Waals surface area contributed by atoms with E-state index in [-0.39, 0.29) is 6.04 Å². The van der Waals surface area contributed by atoms with Gasteiger partial charge in [-0.15, -0.1) is 12.3 Å². The van der Waals surface area contributed by atoms with E-state index in [2.05, 4.69) is 29.2 Å². The number of nitrogens with zero attached hydrogens (tertiary/aromatic N) is 1. The van der Waals surface area contributed by atoms with Crippen molar-refractivity contribution in [1.29, 1.82) is 0 Å². The predicted molar refractivity (Wildman–Crippen MR) is 58.8 cm³/mol. The molecule has 1 aromatic heterocycles. The molecular formula is C12H16N2. The smallest absolute Gasteiger partial charge is 0.0446 e. The van der Waals surface area contributed by atoms with Crippen LogP contribution in [-0.4, -0.2) is 11.5 Å². The largest absolute Gasteiger partial charge is 0.309 e. The lowest BCUT2D eigenvalue weighted by atomic mass is 10.1. The molecule has 0 spiro atoms. The molecule has 0 saturated carbocycles. The van der Waals surface area contributed by atoms with Crippen molar-refractivity contribution < 1.29 is 0 Å². The van der Waals surface area contributed by atoms with E-state index in [4.69, 9.17) is 6.42 Å². The van der Waals surface area contributed by atoms with E-state index < -0.39 is 0 Å². The quantitative estimate of drug-likeness (QED) is 0.732. The summed E-state index contributed by atoms with van der Waals surface area (Å²) >= 11 is 0. The number of aryl methyl sites for hydroxylation is 1. The average molecular weight is 188 g/mol. The van der Waals surface area contributed by atoms with E-state index in [9.17, 15) is 0 Å². The molecule has 1 atom stereocenters. The maximum atomic E-state index is 5.32. The van der Waals surface area contributed by atoms with Crippen molar-refractivity contribution in [2.45, 2.75) is 26.3 Å². The van der Waals surface area contributed by atoms with Gasteiger partial charge in [0.1, 0.15) is 0 Å². The second kappa shape index (κ2) is 5.41. The van der Waals surface area contributed by atoms with Gasteiger partial charge in [0.15, 0.2) is 0 Å². The summed E-state index contributed by atoms with van der Waals surface area (Å²) in [7, 11) is 0. The molecule has 1 heterocycles. The van der Waals surface area contributed by atoms with Gasteiger partial charge in [-0.1, -0.05) is 13.0 Å². The third kappa shape index (κ3) is 2.86. The Balaban J connectivity index is 2.77. The zero-order valence-electron chi connectivity index (χ0n) is 8.75. The van der Waals surface area contributed by atoms with Crippen molar-refractivity contribution in [2.75, 3.05) is 6.54 Å². The maximum Gasteiger partial charge on any atom is 0.0446 e. The number of hydrogen-bond acceptors (Lipinski definition) is 2. The Morgan fingerprint density at radius 3 is 2.86 bits per heavy atom. The molecule has 74 valence electrons. The van der Waals surface area contributed by atoms with Crippen molar-refractivity contribution in [3.8, 4) is 12.3 Å². The molecule has 0 fully saturated rings. The molecule has 1 unspecified atom stereocenters. The molecule has 0 aromatic carbocycles. The fourth-order valence-corrected chi connectivity index (χ4v) is 1.36. The van der Waals surface area contributed by atoms with Gasteiger partial charge in [-0.2, -0.15) is 0 Å². The Morgan fingerprint density at radius 2 is 2.36 bits per heavy atom. The summed E-state index contributed by atoms with van der Waals surface area (Å²) in [4.78, 5) is 4.26. The third-order valence-corrected chi connectivity index (χ3v) is 2.11. The molecule has 14 heavy (non-hydrogen) atoms. The van der Waals surface area contributed by atoms with Crippen LogP contribution >= 0.6 is 0 Å². The standard InChI is InChI=1S/C12H16N2/c1-4-6-12(13-5-2)11-8-7-10(3)14-9-11/h1,7-9,12-13H,5-6H2,2-3H3. The van der Waals surface area contributed by atoms with Crippen molar-refractivity contribution in [3.63, 3.8) is 0 Å². The van der Waals surface area contributed by atoms with E-state index in [1.165, 1.54) is 0 Å². The number of nitrogens with one attached hydrogen (secondary N) is 1. The average Bonchev–Trinajstić information content (AvgIpc) is 2.19. The lowest BCUT2D eigenvalue weighted by Crippen LogP contribution is -2.20. The van der Waals surface area contributed by atoms with Crippen molar-refractivity contribution in [3.05, 3.63) is 29.6 Å². The minimum Gasteiger partial charge on any atom is -0.309 e. The summed E-state index contributed by atoms with van der Waals surface area (Å²) in [6.07, 6.45) is 7.91. The summed E-state index contributed by atoms with van der Waals surface area (Å²) < 4.78 is 0. The van der Waals surface area contributed by atoms with Crippen molar-refractivity contribution in [1.82, 2.24) is 10.3 Å². The highest BCUT2D eigenvalue weighted by atomic mass is 14.9. The summed E-state index contributed by atoms with van der Waals surface area (Å²) in [5.74, 6) is 2.68. The van der Waals surface area contributed by atoms with E-state index >= 15 is 0 Å². The van der Waals surface area contributed by atoms with Crippen LogP contribution in [0.25, 0.3) is 0 Å². The van der Waals surface area contributed by atoms with Crippen molar-refractivity contribution >= 4 is 0 Å². The van der Waals surface area contributed by atoms with Gasteiger partial charge in [-0.25, -0.2) is 0 Å². The summed E-state index contributed by atoms with van der Waals surface area (Å²) in [5, 5.41) is 3.34. The van der Waals surface area contributed by atoms with Crippen LogP contribution in [0, 0.1) is 19.3 Å². The van der Waals surface area contributed by atoms with Crippen molar-refractivity contribution in [2.24, 2.45) is 0 Å². The Labute approximate surface area is 85.8 Å². The van der Waals surface area contributed by atoms with E-state index in [0.717, 1.165) is 17.8 Å². The highest BCUT2D eigenvalue weighted by Gasteiger charge is 2.08. The molecule has 0 bridgehead atoms. The first-order valence-electron chi connectivity index (χ1n) is 4.87. The topological polar surface area (TPSA) is 24.9 Å².